The zero-order chi connectivity index (χ0) is 15.5. The lowest BCUT2D eigenvalue weighted by Gasteiger charge is -2.18. The first-order chi connectivity index (χ1) is 10.7. The highest BCUT2D eigenvalue weighted by molar-refractivity contribution is 8.16. The van der Waals surface area contributed by atoms with Crippen LogP contribution >= 0.6 is 11.8 Å². The van der Waals surface area contributed by atoms with Crippen LogP contribution in [0.5, 0.6) is 0 Å². The van der Waals surface area contributed by atoms with Gasteiger partial charge in [0, 0.05) is 12.2 Å². The van der Waals surface area contributed by atoms with Crippen LogP contribution in [0.4, 0.5) is 0 Å². The Balaban J connectivity index is 1.56. The second-order valence-corrected chi connectivity index (χ2v) is 6.44. The Hall–Kier alpha value is -1.75. The second-order valence-electron chi connectivity index (χ2n) is 5.60. The quantitative estimate of drug-likeness (QED) is 0.908. The van der Waals surface area contributed by atoms with Crippen LogP contribution in [0.25, 0.3) is 0 Å². The standard InChI is InChI=1S/C17H21N3OS/c1-3-13-4-6-14(7-5-13)12(2)19-16(21)10-15-11-22-17-18-8-9-20(15)17/h4-7,11-12H,3,8-10H2,1-2H3,(H,19,21). The summed E-state index contributed by atoms with van der Waals surface area (Å²) in [4.78, 5) is 18.8. The van der Waals surface area contributed by atoms with Gasteiger partial charge in [-0.15, -0.1) is 0 Å². The number of fused-ring (bicyclic) bond motifs is 1. The fourth-order valence-corrected chi connectivity index (χ4v) is 3.65. The summed E-state index contributed by atoms with van der Waals surface area (Å²) in [7, 11) is 0. The van der Waals surface area contributed by atoms with Gasteiger partial charge >= 0.3 is 0 Å². The van der Waals surface area contributed by atoms with Crippen molar-refractivity contribution >= 4 is 22.8 Å². The Morgan fingerprint density at radius 1 is 1.41 bits per heavy atom. The average molecular weight is 315 g/mol. The number of amides is 1. The van der Waals surface area contributed by atoms with Gasteiger partial charge in [-0.3, -0.25) is 9.79 Å². The first-order valence-electron chi connectivity index (χ1n) is 7.73. The Kier molecular flexibility index (Phi) is 4.52. The van der Waals surface area contributed by atoms with Crippen LogP contribution in [-0.4, -0.2) is 29.1 Å². The number of aliphatic imine (C=N–C) groups is 1. The zero-order valence-electron chi connectivity index (χ0n) is 13.0. The lowest BCUT2D eigenvalue weighted by molar-refractivity contribution is -0.121. The minimum Gasteiger partial charge on any atom is -0.349 e. The number of benzene rings is 1. The van der Waals surface area contributed by atoms with Crippen LogP contribution in [0.1, 0.15) is 37.4 Å². The maximum Gasteiger partial charge on any atom is 0.226 e. The number of hydrogen-bond donors (Lipinski definition) is 1. The van der Waals surface area contributed by atoms with Gasteiger partial charge in [0.2, 0.25) is 5.91 Å². The maximum atomic E-state index is 12.3. The van der Waals surface area contributed by atoms with Gasteiger partial charge in [0.05, 0.1) is 19.0 Å². The van der Waals surface area contributed by atoms with Gasteiger partial charge in [-0.05, 0) is 29.9 Å². The summed E-state index contributed by atoms with van der Waals surface area (Å²) in [6, 6.07) is 8.47. The van der Waals surface area contributed by atoms with Crippen molar-refractivity contribution in [2.75, 3.05) is 13.1 Å². The maximum absolute atomic E-state index is 12.3. The number of carbonyl (C=O) groups is 1. The van der Waals surface area contributed by atoms with Crippen molar-refractivity contribution in [3.05, 3.63) is 46.5 Å². The predicted molar refractivity (Wildman–Crippen MR) is 91.7 cm³/mol. The Bertz CT molecular complexity index is 621. The first kappa shape index (κ1) is 15.2. The Labute approximate surface area is 135 Å². The van der Waals surface area contributed by atoms with Crippen LogP contribution in [0, 0.1) is 0 Å². The molecule has 4 nitrogen and oxygen atoms in total. The fraction of sp³-hybridized carbons (Fsp3) is 0.412. The predicted octanol–water partition coefficient (Wildman–Crippen LogP) is 3.08. The number of thioether (sulfide) groups is 1. The van der Waals surface area contributed by atoms with Gasteiger partial charge in [-0.2, -0.15) is 0 Å². The van der Waals surface area contributed by atoms with Gasteiger partial charge in [0.1, 0.15) is 0 Å². The zero-order valence-corrected chi connectivity index (χ0v) is 13.8. The molecule has 22 heavy (non-hydrogen) atoms. The molecule has 0 bridgehead atoms. The topological polar surface area (TPSA) is 44.7 Å². The van der Waals surface area contributed by atoms with Crippen LogP contribution < -0.4 is 5.32 Å². The summed E-state index contributed by atoms with van der Waals surface area (Å²) < 4.78 is 0. The monoisotopic (exact) mass is 315 g/mol. The van der Waals surface area contributed by atoms with E-state index in [2.05, 4.69) is 46.4 Å². The number of nitrogens with zero attached hydrogens (tertiary/aromatic N) is 2. The summed E-state index contributed by atoms with van der Waals surface area (Å²) in [6.07, 6.45) is 1.45. The van der Waals surface area contributed by atoms with E-state index in [-0.39, 0.29) is 11.9 Å². The Morgan fingerprint density at radius 2 is 2.18 bits per heavy atom. The summed E-state index contributed by atoms with van der Waals surface area (Å²) in [6.45, 7) is 5.90. The minimum absolute atomic E-state index is 0.0276. The van der Waals surface area contributed by atoms with E-state index in [1.165, 1.54) is 5.56 Å². The molecule has 0 aliphatic carbocycles. The molecule has 0 radical (unpaired) electrons. The highest BCUT2D eigenvalue weighted by Gasteiger charge is 2.27. The first-order valence-corrected chi connectivity index (χ1v) is 8.61. The average Bonchev–Trinajstić information content (AvgIpc) is 3.12. The number of hydrogen-bond acceptors (Lipinski definition) is 4. The molecule has 1 aromatic rings. The highest BCUT2D eigenvalue weighted by atomic mass is 32.2. The van der Waals surface area contributed by atoms with Crippen LogP contribution in [0.3, 0.4) is 0 Å². The molecule has 3 rings (SSSR count). The summed E-state index contributed by atoms with van der Waals surface area (Å²) in [5.74, 6) is 0.0621. The van der Waals surface area contributed by atoms with Crippen molar-refractivity contribution in [2.24, 2.45) is 4.99 Å². The molecule has 5 heteroatoms. The van der Waals surface area contributed by atoms with E-state index in [0.29, 0.717) is 6.42 Å². The molecule has 2 aliphatic rings. The molecule has 0 saturated heterocycles. The number of carbonyl (C=O) groups excluding carboxylic acids is 1. The summed E-state index contributed by atoms with van der Waals surface area (Å²) in [5, 5.41) is 6.16. The smallest absolute Gasteiger partial charge is 0.226 e. The summed E-state index contributed by atoms with van der Waals surface area (Å²) >= 11 is 1.62. The lowest BCUT2D eigenvalue weighted by Crippen LogP contribution is -2.30. The molecule has 0 saturated carbocycles. The van der Waals surface area contributed by atoms with Gasteiger partial charge in [-0.25, -0.2) is 0 Å². The SMILES string of the molecule is CCc1ccc(C(C)NC(=O)CC2=CSC3=NCCN23)cc1. The molecular formula is C17H21N3OS. The molecule has 0 aromatic heterocycles. The molecule has 1 N–H and O–H groups in total. The molecule has 1 unspecified atom stereocenters. The Morgan fingerprint density at radius 3 is 2.91 bits per heavy atom. The molecule has 0 spiro atoms. The third-order valence-electron chi connectivity index (χ3n) is 4.06. The van der Waals surface area contributed by atoms with Crippen LogP contribution in [0.2, 0.25) is 0 Å². The molecule has 1 atom stereocenters. The van der Waals surface area contributed by atoms with Crippen LogP contribution in [-0.2, 0) is 11.2 Å². The number of nitrogens with one attached hydrogen (secondary N) is 1. The third-order valence-corrected chi connectivity index (χ3v) is 5.01. The van der Waals surface area contributed by atoms with Gasteiger partial charge < -0.3 is 10.2 Å². The molecule has 2 heterocycles. The van der Waals surface area contributed by atoms with Gasteiger partial charge in [-0.1, -0.05) is 43.0 Å². The van der Waals surface area contributed by atoms with Crippen molar-refractivity contribution < 1.29 is 4.79 Å². The van der Waals surface area contributed by atoms with Crippen molar-refractivity contribution in [2.45, 2.75) is 32.7 Å². The lowest BCUT2D eigenvalue weighted by atomic mass is 10.0. The van der Waals surface area contributed by atoms with E-state index in [1.807, 2.05) is 12.3 Å². The van der Waals surface area contributed by atoms with E-state index in [1.54, 1.807) is 11.8 Å². The third kappa shape index (κ3) is 3.19. The van der Waals surface area contributed by atoms with E-state index in [9.17, 15) is 4.79 Å². The minimum atomic E-state index is 0.0276. The summed E-state index contributed by atoms with van der Waals surface area (Å²) in [5.41, 5.74) is 3.52. The molecule has 116 valence electrons. The van der Waals surface area contributed by atoms with Gasteiger partial charge in [0.15, 0.2) is 5.17 Å². The molecule has 1 aromatic carbocycles. The molecule has 0 fully saturated rings. The molecule has 1 amide bonds. The van der Waals surface area contributed by atoms with Crippen molar-refractivity contribution in [3.8, 4) is 0 Å². The van der Waals surface area contributed by atoms with Crippen molar-refractivity contribution in [1.29, 1.82) is 0 Å². The van der Waals surface area contributed by atoms with Crippen molar-refractivity contribution in [1.82, 2.24) is 10.2 Å². The van der Waals surface area contributed by atoms with Gasteiger partial charge in [0.25, 0.3) is 0 Å². The second kappa shape index (κ2) is 6.57. The number of aryl methyl sites for hydroxylation is 1. The highest BCUT2D eigenvalue weighted by Crippen LogP contribution is 2.30. The van der Waals surface area contributed by atoms with E-state index < -0.39 is 0 Å². The van der Waals surface area contributed by atoms with Crippen LogP contribution in [0.15, 0.2) is 40.4 Å². The van der Waals surface area contributed by atoms with Crippen molar-refractivity contribution in [3.63, 3.8) is 0 Å². The normalized spacial score (nSPS) is 17.8. The van der Waals surface area contributed by atoms with E-state index in [4.69, 9.17) is 0 Å². The van der Waals surface area contributed by atoms with E-state index in [0.717, 1.165) is 35.9 Å². The number of rotatable bonds is 5. The molecular weight excluding hydrogens is 294 g/mol. The number of amidine groups is 1. The fourth-order valence-electron chi connectivity index (χ4n) is 2.70. The largest absolute Gasteiger partial charge is 0.349 e. The molecule has 2 aliphatic heterocycles. The van der Waals surface area contributed by atoms with E-state index >= 15 is 0 Å².